The number of aryl methyl sites for hydroxylation is 1. The van der Waals surface area contributed by atoms with E-state index in [0.717, 1.165) is 44.1 Å². The van der Waals surface area contributed by atoms with Crippen molar-refractivity contribution in [3.63, 3.8) is 0 Å². The van der Waals surface area contributed by atoms with Crippen molar-refractivity contribution < 1.29 is 14.6 Å². The van der Waals surface area contributed by atoms with Gasteiger partial charge in [-0.25, -0.2) is 0 Å². The standard InChI is InChI=1S/C16H27N5O3/c1-13-17-18-14-4-7-19(8-9-21(13)14)12-16(23)5-3-6-20(15(16)22)10-11-24-2/h23H,3-12H2,1-2H3/t16-/m0/s1. The van der Waals surface area contributed by atoms with Gasteiger partial charge >= 0.3 is 0 Å². The molecular formula is C16H27N5O3. The quantitative estimate of drug-likeness (QED) is 0.776. The SMILES string of the molecule is COCCN1CCC[C@](O)(CN2CCc3nnc(C)n3CC2)C1=O. The van der Waals surface area contributed by atoms with Crippen LogP contribution < -0.4 is 0 Å². The molecule has 2 aliphatic heterocycles. The summed E-state index contributed by atoms with van der Waals surface area (Å²) >= 11 is 0. The predicted octanol–water partition coefficient (Wildman–Crippen LogP) is -0.555. The molecule has 1 atom stereocenters. The number of ether oxygens (including phenoxy) is 1. The van der Waals surface area contributed by atoms with Gasteiger partial charge in [0.2, 0.25) is 0 Å². The first kappa shape index (κ1) is 17.3. The molecule has 8 heteroatoms. The predicted molar refractivity (Wildman–Crippen MR) is 87.5 cm³/mol. The van der Waals surface area contributed by atoms with Crippen LogP contribution in [0.25, 0.3) is 0 Å². The molecule has 0 aliphatic carbocycles. The summed E-state index contributed by atoms with van der Waals surface area (Å²) in [6, 6.07) is 0. The zero-order chi connectivity index (χ0) is 17.2. The molecular weight excluding hydrogens is 310 g/mol. The van der Waals surface area contributed by atoms with Gasteiger partial charge in [-0.2, -0.15) is 0 Å². The molecule has 24 heavy (non-hydrogen) atoms. The molecule has 1 aromatic heterocycles. The maximum atomic E-state index is 12.7. The minimum atomic E-state index is -1.29. The Morgan fingerprint density at radius 3 is 2.88 bits per heavy atom. The number of aromatic nitrogens is 3. The number of β-amino-alcohol motifs (C(OH)–C–C–N with tert-alkyl or cyclic N) is 1. The van der Waals surface area contributed by atoms with E-state index in [9.17, 15) is 9.90 Å². The Labute approximate surface area is 142 Å². The molecule has 0 radical (unpaired) electrons. The van der Waals surface area contributed by atoms with Crippen molar-refractivity contribution in [3.8, 4) is 0 Å². The highest BCUT2D eigenvalue weighted by Gasteiger charge is 2.43. The molecule has 134 valence electrons. The average molecular weight is 337 g/mol. The minimum Gasteiger partial charge on any atom is -0.383 e. The lowest BCUT2D eigenvalue weighted by Gasteiger charge is -2.40. The second kappa shape index (κ2) is 7.16. The fourth-order valence-corrected chi connectivity index (χ4v) is 3.67. The largest absolute Gasteiger partial charge is 0.383 e. The van der Waals surface area contributed by atoms with E-state index in [1.807, 2.05) is 6.92 Å². The molecule has 1 N–H and O–H groups in total. The van der Waals surface area contributed by atoms with Crippen LogP contribution in [0, 0.1) is 6.92 Å². The number of likely N-dealkylation sites (tertiary alicyclic amines) is 1. The first-order valence-electron chi connectivity index (χ1n) is 8.65. The van der Waals surface area contributed by atoms with Gasteiger partial charge in [-0.1, -0.05) is 0 Å². The van der Waals surface area contributed by atoms with E-state index in [1.165, 1.54) is 0 Å². The van der Waals surface area contributed by atoms with Crippen LogP contribution in [-0.4, -0.2) is 87.6 Å². The molecule has 3 rings (SSSR count). The first-order chi connectivity index (χ1) is 11.5. The number of fused-ring (bicyclic) bond motifs is 1. The zero-order valence-electron chi connectivity index (χ0n) is 14.6. The summed E-state index contributed by atoms with van der Waals surface area (Å²) in [5, 5.41) is 19.3. The maximum Gasteiger partial charge on any atom is 0.255 e. The third-order valence-corrected chi connectivity index (χ3v) is 5.06. The van der Waals surface area contributed by atoms with E-state index >= 15 is 0 Å². The Balaban J connectivity index is 1.63. The summed E-state index contributed by atoms with van der Waals surface area (Å²) in [5.74, 6) is 1.74. The minimum absolute atomic E-state index is 0.161. The van der Waals surface area contributed by atoms with Crippen LogP contribution in [-0.2, 0) is 22.5 Å². The molecule has 1 amide bonds. The lowest BCUT2D eigenvalue weighted by molar-refractivity contribution is -0.160. The van der Waals surface area contributed by atoms with Gasteiger partial charge in [0.1, 0.15) is 11.6 Å². The summed E-state index contributed by atoms with van der Waals surface area (Å²) in [5.41, 5.74) is -1.29. The number of carbonyl (C=O) groups is 1. The van der Waals surface area contributed by atoms with Crippen LogP contribution in [0.3, 0.4) is 0 Å². The van der Waals surface area contributed by atoms with E-state index < -0.39 is 5.60 Å². The Bertz CT molecular complexity index is 590. The highest BCUT2D eigenvalue weighted by molar-refractivity contribution is 5.86. The summed E-state index contributed by atoms with van der Waals surface area (Å²) in [7, 11) is 1.62. The number of methoxy groups -OCH3 is 1. The third kappa shape index (κ3) is 3.45. The number of piperidine rings is 1. The Kier molecular flexibility index (Phi) is 5.17. The van der Waals surface area contributed by atoms with Gasteiger partial charge in [-0.05, 0) is 19.8 Å². The summed E-state index contributed by atoms with van der Waals surface area (Å²) < 4.78 is 7.19. The molecule has 0 aromatic carbocycles. The molecule has 1 fully saturated rings. The molecule has 0 bridgehead atoms. The summed E-state index contributed by atoms with van der Waals surface area (Å²) in [4.78, 5) is 16.6. The van der Waals surface area contributed by atoms with E-state index in [2.05, 4.69) is 19.7 Å². The van der Waals surface area contributed by atoms with Crippen molar-refractivity contribution in [2.45, 2.75) is 38.3 Å². The number of amides is 1. The number of carbonyl (C=O) groups excluding carboxylic acids is 1. The van der Waals surface area contributed by atoms with Gasteiger partial charge in [0.05, 0.1) is 6.61 Å². The zero-order valence-corrected chi connectivity index (χ0v) is 14.6. The number of nitrogens with zero attached hydrogens (tertiary/aromatic N) is 5. The van der Waals surface area contributed by atoms with E-state index in [1.54, 1.807) is 12.0 Å². The van der Waals surface area contributed by atoms with Crippen LogP contribution in [0.4, 0.5) is 0 Å². The van der Waals surface area contributed by atoms with Crippen molar-refractivity contribution in [3.05, 3.63) is 11.6 Å². The van der Waals surface area contributed by atoms with Crippen molar-refractivity contribution >= 4 is 5.91 Å². The van der Waals surface area contributed by atoms with Gasteiger partial charge in [0, 0.05) is 52.8 Å². The van der Waals surface area contributed by atoms with Crippen molar-refractivity contribution in [2.75, 3.05) is 46.4 Å². The summed E-state index contributed by atoms with van der Waals surface area (Å²) in [6.45, 7) is 6.45. The van der Waals surface area contributed by atoms with E-state index in [4.69, 9.17) is 4.74 Å². The van der Waals surface area contributed by atoms with E-state index in [0.29, 0.717) is 32.7 Å². The highest BCUT2D eigenvalue weighted by Crippen LogP contribution is 2.24. The van der Waals surface area contributed by atoms with Crippen LogP contribution in [0.15, 0.2) is 0 Å². The van der Waals surface area contributed by atoms with Gasteiger partial charge < -0.3 is 19.3 Å². The maximum absolute atomic E-state index is 12.7. The van der Waals surface area contributed by atoms with Crippen LogP contribution >= 0.6 is 0 Å². The average Bonchev–Trinajstić information content (AvgIpc) is 2.79. The second-order valence-corrected chi connectivity index (χ2v) is 6.76. The molecule has 2 aliphatic rings. The summed E-state index contributed by atoms with van der Waals surface area (Å²) in [6.07, 6.45) is 2.14. The fourth-order valence-electron chi connectivity index (χ4n) is 3.67. The first-order valence-corrected chi connectivity index (χ1v) is 8.65. The van der Waals surface area contributed by atoms with Gasteiger partial charge in [-0.3, -0.25) is 9.69 Å². The number of hydrogen-bond acceptors (Lipinski definition) is 6. The molecule has 1 aromatic rings. The molecule has 0 unspecified atom stereocenters. The van der Waals surface area contributed by atoms with Crippen LogP contribution in [0.1, 0.15) is 24.5 Å². The monoisotopic (exact) mass is 337 g/mol. The van der Waals surface area contributed by atoms with Gasteiger partial charge in [0.15, 0.2) is 5.60 Å². The molecule has 3 heterocycles. The molecule has 0 saturated carbocycles. The van der Waals surface area contributed by atoms with E-state index in [-0.39, 0.29) is 5.91 Å². The molecule has 0 spiro atoms. The van der Waals surface area contributed by atoms with Gasteiger partial charge in [-0.15, -0.1) is 10.2 Å². The molecule has 1 saturated heterocycles. The number of hydrogen-bond donors (Lipinski definition) is 1. The topological polar surface area (TPSA) is 83.7 Å². The molecule has 8 nitrogen and oxygen atoms in total. The fraction of sp³-hybridized carbons (Fsp3) is 0.812. The lowest BCUT2D eigenvalue weighted by Crippen LogP contribution is -2.59. The Morgan fingerprint density at radius 2 is 2.08 bits per heavy atom. The second-order valence-electron chi connectivity index (χ2n) is 6.76. The van der Waals surface area contributed by atoms with Crippen molar-refractivity contribution in [1.29, 1.82) is 0 Å². The Morgan fingerprint density at radius 1 is 1.25 bits per heavy atom. The lowest BCUT2D eigenvalue weighted by atomic mass is 9.91. The van der Waals surface area contributed by atoms with Crippen molar-refractivity contribution in [1.82, 2.24) is 24.6 Å². The highest BCUT2D eigenvalue weighted by atomic mass is 16.5. The van der Waals surface area contributed by atoms with Crippen LogP contribution in [0.2, 0.25) is 0 Å². The Hall–Kier alpha value is -1.51. The number of rotatable bonds is 5. The van der Waals surface area contributed by atoms with Gasteiger partial charge in [0.25, 0.3) is 5.91 Å². The van der Waals surface area contributed by atoms with Crippen LogP contribution in [0.5, 0.6) is 0 Å². The smallest absolute Gasteiger partial charge is 0.255 e. The normalized spacial score (nSPS) is 25.6. The third-order valence-electron chi connectivity index (χ3n) is 5.06. The van der Waals surface area contributed by atoms with Crippen molar-refractivity contribution in [2.24, 2.45) is 0 Å². The number of aliphatic hydroxyl groups is 1.